The molecular formula is C13H13ClFNO. The topological polar surface area (TPSA) is 25.2 Å². The largest absolute Gasteiger partial charge is 0.468 e. The maximum absolute atomic E-state index is 13.2. The van der Waals surface area contributed by atoms with Gasteiger partial charge in [0.05, 0.1) is 17.3 Å². The van der Waals surface area contributed by atoms with Crippen molar-refractivity contribution in [1.29, 1.82) is 0 Å². The smallest absolute Gasteiger partial charge is 0.142 e. The first kappa shape index (κ1) is 12.1. The van der Waals surface area contributed by atoms with Crippen molar-refractivity contribution >= 4 is 11.6 Å². The molecule has 1 aromatic heterocycles. The van der Waals surface area contributed by atoms with Gasteiger partial charge in [0, 0.05) is 6.54 Å². The summed E-state index contributed by atoms with van der Waals surface area (Å²) in [5.74, 6) is 0.453. The van der Waals surface area contributed by atoms with Crippen molar-refractivity contribution in [3.63, 3.8) is 0 Å². The molecule has 0 saturated carbocycles. The van der Waals surface area contributed by atoms with Crippen LogP contribution in [0.3, 0.4) is 0 Å². The monoisotopic (exact) mass is 253 g/mol. The van der Waals surface area contributed by atoms with E-state index < -0.39 is 5.82 Å². The Labute approximate surface area is 104 Å². The summed E-state index contributed by atoms with van der Waals surface area (Å²) in [4.78, 5) is 0. The number of rotatable bonds is 4. The van der Waals surface area contributed by atoms with Crippen LogP contribution in [0.1, 0.15) is 24.3 Å². The van der Waals surface area contributed by atoms with Gasteiger partial charge in [-0.15, -0.1) is 0 Å². The second-order valence-corrected chi connectivity index (χ2v) is 4.21. The zero-order valence-electron chi connectivity index (χ0n) is 9.41. The summed E-state index contributed by atoms with van der Waals surface area (Å²) in [6.07, 6.45) is 1.63. The molecule has 2 aromatic rings. The number of benzene rings is 1. The Morgan fingerprint density at radius 2 is 2.18 bits per heavy atom. The molecule has 1 atom stereocenters. The molecule has 0 spiro atoms. The molecule has 0 aliphatic heterocycles. The number of hydrogen-bond acceptors (Lipinski definition) is 2. The first-order valence-electron chi connectivity index (χ1n) is 5.38. The van der Waals surface area contributed by atoms with Crippen LogP contribution in [0.5, 0.6) is 0 Å². The van der Waals surface area contributed by atoms with E-state index in [0.717, 1.165) is 11.3 Å². The van der Waals surface area contributed by atoms with Gasteiger partial charge in [0.1, 0.15) is 11.6 Å². The molecule has 1 aromatic carbocycles. The fraction of sp³-hybridized carbons (Fsp3) is 0.231. The zero-order valence-corrected chi connectivity index (χ0v) is 10.2. The molecule has 0 saturated heterocycles. The van der Waals surface area contributed by atoms with Gasteiger partial charge in [0.15, 0.2) is 0 Å². The normalized spacial score (nSPS) is 12.6. The molecule has 0 aliphatic carbocycles. The minimum Gasteiger partial charge on any atom is -0.468 e. The standard InChI is InChI=1S/C13H13ClFNO/c1-9(12-6-3-7-17-12)16-8-10-4-2-5-11(15)13(10)14/h2-7,9,16H,8H2,1H3/t9-/m1/s1. The predicted molar refractivity (Wildman–Crippen MR) is 65.4 cm³/mol. The maximum atomic E-state index is 13.2. The molecule has 0 fully saturated rings. The van der Waals surface area contributed by atoms with E-state index >= 15 is 0 Å². The van der Waals surface area contributed by atoms with Gasteiger partial charge in [0.2, 0.25) is 0 Å². The van der Waals surface area contributed by atoms with Crippen molar-refractivity contribution < 1.29 is 8.81 Å². The first-order valence-corrected chi connectivity index (χ1v) is 5.76. The van der Waals surface area contributed by atoms with Crippen molar-refractivity contribution in [3.8, 4) is 0 Å². The summed E-state index contributed by atoms with van der Waals surface area (Å²) in [5.41, 5.74) is 0.741. The molecule has 0 aliphatic rings. The van der Waals surface area contributed by atoms with E-state index in [0.29, 0.717) is 6.54 Å². The highest BCUT2D eigenvalue weighted by molar-refractivity contribution is 6.31. The minimum absolute atomic E-state index is 0.0596. The molecule has 1 heterocycles. The van der Waals surface area contributed by atoms with Gasteiger partial charge in [-0.1, -0.05) is 23.7 Å². The van der Waals surface area contributed by atoms with Crippen molar-refractivity contribution in [1.82, 2.24) is 5.32 Å². The van der Waals surface area contributed by atoms with Gasteiger partial charge in [0.25, 0.3) is 0 Å². The number of nitrogens with one attached hydrogen (secondary N) is 1. The van der Waals surface area contributed by atoms with Crippen LogP contribution in [0.2, 0.25) is 5.02 Å². The summed E-state index contributed by atoms with van der Waals surface area (Å²) in [6, 6.07) is 8.59. The van der Waals surface area contributed by atoms with Gasteiger partial charge in [-0.25, -0.2) is 4.39 Å². The van der Waals surface area contributed by atoms with Crippen LogP contribution >= 0.6 is 11.6 Å². The summed E-state index contributed by atoms with van der Waals surface area (Å²) in [5, 5.41) is 3.40. The Hall–Kier alpha value is -1.32. The summed E-state index contributed by atoms with van der Waals surface area (Å²) < 4.78 is 18.5. The third-order valence-electron chi connectivity index (χ3n) is 2.60. The quantitative estimate of drug-likeness (QED) is 0.893. The molecule has 2 rings (SSSR count). The molecule has 0 radical (unpaired) electrons. The lowest BCUT2D eigenvalue weighted by atomic mass is 10.2. The molecular weight excluding hydrogens is 241 g/mol. The van der Waals surface area contributed by atoms with E-state index in [-0.39, 0.29) is 11.1 Å². The third kappa shape index (κ3) is 2.87. The second-order valence-electron chi connectivity index (χ2n) is 3.83. The van der Waals surface area contributed by atoms with E-state index in [1.165, 1.54) is 6.07 Å². The highest BCUT2D eigenvalue weighted by atomic mass is 35.5. The number of hydrogen-bond donors (Lipinski definition) is 1. The molecule has 17 heavy (non-hydrogen) atoms. The van der Waals surface area contributed by atoms with Crippen LogP contribution in [-0.2, 0) is 6.54 Å². The Morgan fingerprint density at radius 3 is 2.88 bits per heavy atom. The number of furan rings is 1. The molecule has 2 nitrogen and oxygen atoms in total. The van der Waals surface area contributed by atoms with Gasteiger partial charge in [-0.05, 0) is 30.7 Å². The third-order valence-corrected chi connectivity index (χ3v) is 3.02. The van der Waals surface area contributed by atoms with Gasteiger partial charge < -0.3 is 9.73 Å². The lowest BCUT2D eigenvalue weighted by molar-refractivity contribution is 0.430. The fourth-order valence-electron chi connectivity index (χ4n) is 1.59. The van der Waals surface area contributed by atoms with Gasteiger partial charge in [-0.2, -0.15) is 0 Å². The van der Waals surface area contributed by atoms with Crippen LogP contribution in [0.25, 0.3) is 0 Å². The second kappa shape index (κ2) is 5.34. The Balaban J connectivity index is 2.00. The van der Waals surface area contributed by atoms with Crippen molar-refractivity contribution in [2.45, 2.75) is 19.5 Å². The van der Waals surface area contributed by atoms with Gasteiger partial charge >= 0.3 is 0 Å². The maximum Gasteiger partial charge on any atom is 0.142 e. The Bertz CT molecular complexity index is 484. The highest BCUT2D eigenvalue weighted by Crippen LogP contribution is 2.20. The SMILES string of the molecule is C[C@@H](NCc1cccc(F)c1Cl)c1ccco1. The highest BCUT2D eigenvalue weighted by Gasteiger charge is 2.10. The Morgan fingerprint density at radius 1 is 1.35 bits per heavy atom. The first-order chi connectivity index (χ1) is 8.18. The lowest BCUT2D eigenvalue weighted by Gasteiger charge is -2.12. The van der Waals surface area contributed by atoms with Crippen molar-refractivity contribution in [2.24, 2.45) is 0 Å². The predicted octanol–water partition coefficient (Wildman–Crippen LogP) is 3.92. The van der Waals surface area contributed by atoms with Crippen LogP contribution in [0.4, 0.5) is 4.39 Å². The van der Waals surface area contributed by atoms with E-state index in [4.69, 9.17) is 16.0 Å². The van der Waals surface area contributed by atoms with Crippen molar-refractivity contribution in [3.05, 3.63) is 58.8 Å². The fourth-order valence-corrected chi connectivity index (χ4v) is 1.78. The summed E-state index contributed by atoms with van der Waals surface area (Å²) in [7, 11) is 0. The van der Waals surface area contributed by atoms with Crippen LogP contribution < -0.4 is 5.32 Å². The summed E-state index contributed by atoms with van der Waals surface area (Å²) >= 11 is 5.86. The Kier molecular flexibility index (Phi) is 3.82. The van der Waals surface area contributed by atoms with Crippen LogP contribution in [0.15, 0.2) is 41.0 Å². The van der Waals surface area contributed by atoms with E-state index in [1.54, 1.807) is 18.4 Å². The average molecular weight is 254 g/mol. The molecule has 0 bridgehead atoms. The minimum atomic E-state index is -0.392. The molecule has 90 valence electrons. The number of halogens is 2. The zero-order chi connectivity index (χ0) is 12.3. The van der Waals surface area contributed by atoms with Crippen molar-refractivity contribution in [2.75, 3.05) is 0 Å². The molecule has 0 amide bonds. The van der Waals surface area contributed by atoms with Crippen LogP contribution in [-0.4, -0.2) is 0 Å². The van der Waals surface area contributed by atoms with E-state index in [1.807, 2.05) is 19.1 Å². The summed E-state index contributed by atoms with van der Waals surface area (Å²) in [6.45, 7) is 2.48. The molecule has 4 heteroatoms. The van der Waals surface area contributed by atoms with E-state index in [9.17, 15) is 4.39 Å². The van der Waals surface area contributed by atoms with Crippen LogP contribution in [0, 0.1) is 5.82 Å². The van der Waals surface area contributed by atoms with Gasteiger partial charge in [-0.3, -0.25) is 0 Å². The average Bonchev–Trinajstić information content (AvgIpc) is 2.84. The molecule has 1 N–H and O–H groups in total. The lowest BCUT2D eigenvalue weighted by Crippen LogP contribution is -2.17. The van der Waals surface area contributed by atoms with E-state index in [2.05, 4.69) is 5.32 Å². The molecule has 0 unspecified atom stereocenters.